The lowest BCUT2D eigenvalue weighted by Gasteiger charge is -2.12. The van der Waals surface area contributed by atoms with E-state index in [1.54, 1.807) is 50.4 Å². The number of thiazole rings is 1. The fraction of sp³-hybridized carbons (Fsp3) is 0.200. The molecule has 10 heteroatoms. The third kappa shape index (κ3) is 4.24. The summed E-state index contributed by atoms with van der Waals surface area (Å²) in [5.41, 5.74) is 1.58. The smallest absolute Gasteiger partial charge is 0.272 e. The summed E-state index contributed by atoms with van der Waals surface area (Å²) in [5, 5.41) is 15.0. The summed E-state index contributed by atoms with van der Waals surface area (Å²) in [7, 11) is -3.64. The van der Waals surface area contributed by atoms with Crippen LogP contribution in [0.15, 0.2) is 52.7 Å². The monoisotopic (exact) mass is 445 g/mol. The Hall–Kier alpha value is -3.11. The number of aromatic nitrogens is 1. The number of hydrogen-bond donors (Lipinski definition) is 1. The van der Waals surface area contributed by atoms with Crippen molar-refractivity contribution < 1.29 is 18.1 Å². The third-order valence-electron chi connectivity index (χ3n) is 4.49. The Morgan fingerprint density at radius 2 is 1.90 bits per heavy atom. The molecule has 0 saturated carbocycles. The second kappa shape index (κ2) is 8.33. The molecule has 1 heterocycles. The van der Waals surface area contributed by atoms with Crippen LogP contribution >= 0.6 is 11.3 Å². The molecular formula is C20H19N3O5S2. The number of rotatable bonds is 6. The van der Waals surface area contributed by atoms with Crippen molar-refractivity contribution in [1.82, 2.24) is 4.98 Å². The number of nitro benzene ring substituents is 1. The number of carbonyl (C=O) groups excluding carboxylic acids is 1. The molecule has 0 saturated heterocycles. The van der Waals surface area contributed by atoms with Gasteiger partial charge in [-0.15, -0.1) is 11.3 Å². The summed E-state index contributed by atoms with van der Waals surface area (Å²) in [6.07, 6.45) is 0. The highest BCUT2D eigenvalue weighted by Crippen LogP contribution is 2.30. The van der Waals surface area contributed by atoms with Crippen molar-refractivity contribution in [1.29, 1.82) is 0 Å². The molecule has 3 rings (SSSR count). The zero-order valence-corrected chi connectivity index (χ0v) is 18.1. The van der Waals surface area contributed by atoms with Crippen LogP contribution in [0.5, 0.6) is 0 Å². The van der Waals surface area contributed by atoms with Gasteiger partial charge in [-0.1, -0.05) is 24.3 Å². The Labute approximate surface area is 177 Å². The van der Waals surface area contributed by atoms with E-state index in [-0.39, 0.29) is 21.3 Å². The molecule has 1 aromatic heterocycles. The van der Waals surface area contributed by atoms with Gasteiger partial charge in [-0.3, -0.25) is 20.2 Å². The molecule has 0 bridgehead atoms. The van der Waals surface area contributed by atoms with Gasteiger partial charge in [0.1, 0.15) is 0 Å². The predicted molar refractivity (Wildman–Crippen MR) is 116 cm³/mol. The molecule has 0 radical (unpaired) electrons. The highest BCUT2D eigenvalue weighted by Gasteiger charge is 2.25. The molecule has 0 aliphatic rings. The Balaban J connectivity index is 1.89. The summed E-state index contributed by atoms with van der Waals surface area (Å²) >= 11 is 1.14. The van der Waals surface area contributed by atoms with E-state index in [0.717, 1.165) is 11.3 Å². The van der Waals surface area contributed by atoms with Crippen molar-refractivity contribution in [2.75, 3.05) is 5.32 Å². The number of benzene rings is 2. The predicted octanol–water partition coefficient (Wildman–Crippen LogP) is 4.46. The second-order valence-corrected chi connectivity index (χ2v) is 10.2. The average Bonchev–Trinajstić information content (AvgIpc) is 3.16. The molecule has 0 fully saturated rings. The fourth-order valence-electron chi connectivity index (χ4n) is 2.75. The molecule has 0 aliphatic heterocycles. The first-order chi connectivity index (χ1) is 14.1. The number of hydrogen-bond acceptors (Lipinski definition) is 7. The van der Waals surface area contributed by atoms with E-state index in [9.17, 15) is 23.3 Å². The number of carbonyl (C=O) groups is 1. The Bertz CT molecular complexity index is 1230. The van der Waals surface area contributed by atoms with E-state index in [0.29, 0.717) is 16.8 Å². The molecule has 0 atom stereocenters. The van der Waals surface area contributed by atoms with Crippen LogP contribution in [0.3, 0.4) is 0 Å². The minimum absolute atomic E-state index is 0.0149. The molecule has 8 nitrogen and oxygen atoms in total. The first kappa shape index (κ1) is 21.6. The number of anilines is 1. The lowest BCUT2D eigenvalue weighted by molar-refractivity contribution is -0.385. The molecular weight excluding hydrogens is 426 g/mol. The summed E-state index contributed by atoms with van der Waals surface area (Å²) in [6.45, 7) is 4.76. The van der Waals surface area contributed by atoms with Gasteiger partial charge in [0.15, 0.2) is 15.0 Å². The van der Waals surface area contributed by atoms with Crippen LogP contribution in [0.1, 0.15) is 29.8 Å². The molecule has 156 valence electrons. The number of nitrogens with one attached hydrogen (secondary N) is 1. The first-order valence-electron chi connectivity index (χ1n) is 8.96. The van der Waals surface area contributed by atoms with Gasteiger partial charge in [0.2, 0.25) is 0 Å². The van der Waals surface area contributed by atoms with Crippen molar-refractivity contribution >= 4 is 37.9 Å². The van der Waals surface area contributed by atoms with Crippen molar-refractivity contribution in [3.8, 4) is 11.3 Å². The van der Waals surface area contributed by atoms with Gasteiger partial charge in [-0.25, -0.2) is 13.4 Å². The van der Waals surface area contributed by atoms with Crippen molar-refractivity contribution in [3.05, 3.63) is 69.1 Å². The Kier molecular flexibility index (Phi) is 5.99. The lowest BCUT2D eigenvalue weighted by atomic mass is 10.1. The molecule has 2 aromatic carbocycles. The fourth-order valence-corrected chi connectivity index (χ4v) is 4.71. The molecule has 1 amide bonds. The van der Waals surface area contributed by atoms with Crippen molar-refractivity contribution in [2.24, 2.45) is 0 Å². The zero-order valence-electron chi connectivity index (χ0n) is 16.4. The number of amides is 1. The minimum atomic E-state index is -3.64. The van der Waals surface area contributed by atoms with E-state index in [2.05, 4.69) is 10.3 Å². The average molecular weight is 446 g/mol. The number of nitrogens with zero attached hydrogens (tertiary/aromatic N) is 2. The van der Waals surface area contributed by atoms with E-state index < -0.39 is 25.9 Å². The number of nitro groups is 1. The summed E-state index contributed by atoms with van der Waals surface area (Å²) in [6, 6.07) is 10.8. The van der Waals surface area contributed by atoms with Gasteiger partial charge in [0, 0.05) is 22.6 Å². The summed E-state index contributed by atoms with van der Waals surface area (Å²) in [5.74, 6) is -0.592. The molecule has 3 aromatic rings. The molecule has 0 aliphatic carbocycles. The van der Waals surface area contributed by atoms with Crippen LogP contribution in [-0.2, 0) is 9.84 Å². The molecule has 0 unspecified atom stereocenters. The topological polar surface area (TPSA) is 119 Å². The van der Waals surface area contributed by atoms with Crippen LogP contribution in [0.25, 0.3) is 11.3 Å². The van der Waals surface area contributed by atoms with E-state index in [1.165, 1.54) is 18.2 Å². The lowest BCUT2D eigenvalue weighted by Crippen LogP contribution is -2.20. The van der Waals surface area contributed by atoms with E-state index in [1.807, 2.05) is 0 Å². The van der Waals surface area contributed by atoms with Gasteiger partial charge >= 0.3 is 0 Å². The maximum absolute atomic E-state index is 12.7. The first-order valence-corrected chi connectivity index (χ1v) is 11.4. The number of sulfone groups is 1. The zero-order chi connectivity index (χ0) is 22.1. The standard InChI is InChI=1S/C20H19N3O5S2/c1-12(2)30(27,28)18-7-5-4-6-15(18)19(24)22-20-21-16(11-29-20)14-9-8-13(3)17(10-14)23(25)26/h4-12H,1-3H3,(H,21,22,24). The summed E-state index contributed by atoms with van der Waals surface area (Å²) in [4.78, 5) is 27.7. The van der Waals surface area contributed by atoms with Crippen LogP contribution in [0.4, 0.5) is 10.8 Å². The van der Waals surface area contributed by atoms with E-state index >= 15 is 0 Å². The van der Waals surface area contributed by atoms with Gasteiger partial charge in [0.05, 0.1) is 26.3 Å². The molecule has 0 spiro atoms. The quantitative estimate of drug-likeness (QED) is 0.442. The van der Waals surface area contributed by atoms with Crippen LogP contribution in [-0.4, -0.2) is 29.5 Å². The SMILES string of the molecule is Cc1ccc(-c2csc(NC(=O)c3ccccc3S(=O)(=O)C(C)C)n2)cc1[N+](=O)[O-]. The second-order valence-electron chi connectivity index (χ2n) is 6.84. The third-order valence-corrected chi connectivity index (χ3v) is 7.45. The highest BCUT2D eigenvalue weighted by atomic mass is 32.2. The maximum atomic E-state index is 12.7. The largest absolute Gasteiger partial charge is 0.298 e. The van der Waals surface area contributed by atoms with Crippen molar-refractivity contribution in [3.63, 3.8) is 0 Å². The van der Waals surface area contributed by atoms with Gasteiger partial charge in [0.25, 0.3) is 11.6 Å². The van der Waals surface area contributed by atoms with Crippen LogP contribution in [0, 0.1) is 17.0 Å². The van der Waals surface area contributed by atoms with Gasteiger partial charge in [-0.05, 0) is 32.9 Å². The molecule has 30 heavy (non-hydrogen) atoms. The number of aryl methyl sites for hydroxylation is 1. The van der Waals surface area contributed by atoms with Gasteiger partial charge < -0.3 is 0 Å². The normalized spacial score (nSPS) is 11.5. The van der Waals surface area contributed by atoms with Crippen molar-refractivity contribution in [2.45, 2.75) is 30.9 Å². The summed E-state index contributed by atoms with van der Waals surface area (Å²) < 4.78 is 25.1. The van der Waals surface area contributed by atoms with E-state index in [4.69, 9.17) is 0 Å². The Morgan fingerprint density at radius 3 is 2.57 bits per heavy atom. The Morgan fingerprint density at radius 1 is 1.20 bits per heavy atom. The highest BCUT2D eigenvalue weighted by molar-refractivity contribution is 7.92. The minimum Gasteiger partial charge on any atom is -0.298 e. The van der Waals surface area contributed by atoms with Crippen LogP contribution in [0.2, 0.25) is 0 Å². The van der Waals surface area contributed by atoms with Crippen LogP contribution < -0.4 is 5.32 Å². The molecule has 1 N–H and O–H groups in total. The maximum Gasteiger partial charge on any atom is 0.272 e. The van der Waals surface area contributed by atoms with Gasteiger partial charge in [-0.2, -0.15) is 0 Å².